The van der Waals surface area contributed by atoms with Crippen molar-refractivity contribution < 1.29 is 23.4 Å². The lowest BCUT2D eigenvalue weighted by molar-refractivity contribution is -0.119. The molecule has 0 spiro atoms. The molecule has 0 radical (unpaired) electrons. The molecule has 2 aromatic carbocycles. The molecule has 5 atom stereocenters. The van der Waals surface area contributed by atoms with Gasteiger partial charge in [0.15, 0.2) is 5.78 Å². The fourth-order valence-electron chi connectivity index (χ4n) is 6.47. The topological polar surface area (TPSA) is 46.5 Å². The third-order valence-corrected chi connectivity index (χ3v) is 7.88. The fourth-order valence-corrected chi connectivity index (χ4v) is 6.47. The van der Waals surface area contributed by atoms with Crippen molar-refractivity contribution in [2.45, 2.75) is 65.1 Å². The molecular formula is C27H28F2O3. The Hall–Kier alpha value is -2.53. The van der Waals surface area contributed by atoms with Gasteiger partial charge in [0.25, 0.3) is 0 Å². The number of Topliss-reactive ketones (excluding diaryl/α,β-unsaturated/α-hetero) is 1. The number of hydrogen-bond donors (Lipinski definition) is 1. The zero-order valence-corrected chi connectivity index (χ0v) is 18.8. The number of aliphatic hydroxyl groups excluding tert-OH is 1. The predicted octanol–water partition coefficient (Wildman–Crippen LogP) is 5.83. The first-order valence-electron chi connectivity index (χ1n) is 11.4. The Labute approximate surface area is 187 Å². The largest absolute Gasteiger partial charge is 0.511 e. The lowest BCUT2D eigenvalue weighted by Gasteiger charge is -2.37. The average Bonchev–Trinajstić information content (AvgIpc) is 3.36. The molecule has 1 aliphatic carbocycles. The van der Waals surface area contributed by atoms with Gasteiger partial charge in [-0.1, -0.05) is 37.6 Å². The summed E-state index contributed by atoms with van der Waals surface area (Å²) >= 11 is 0. The Kier molecular flexibility index (Phi) is 4.82. The van der Waals surface area contributed by atoms with Crippen molar-refractivity contribution in [2.75, 3.05) is 0 Å². The number of aliphatic hydroxyl groups is 1. The summed E-state index contributed by atoms with van der Waals surface area (Å²) in [5.74, 6) is -2.09. The van der Waals surface area contributed by atoms with Crippen LogP contribution in [0.1, 0.15) is 60.9 Å². The predicted molar refractivity (Wildman–Crippen MR) is 118 cm³/mol. The van der Waals surface area contributed by atoms with Gasteiger partial charge in [0, 0.05) is 12.0 Å². The maximum Gasteiger partial charge on any atom is 0.173 e. The second-order valence-electron chi connectivity index (χ2n) is 9.62. The number of ketones is 1. The molecule has 0 saturated carbocycles. The van der Waals surface area contributed by atoms with Crippen LogP contribution in [0.2, 0.25) is 0 Å². The van der Waals surface area contributed by atoms with Crippen LogP contribution in [0.5, 0.6) is 0 Å². The maximum absolute atomic E-state index is 14.6. The van der Waals surface area contributed by atoms with Crippen molar-refractivity contribution >= 4 is 11.4 Å². The van der Waals surface area contributed by atoms with Gasteiger partial charge in [-0.15, -0.1) is 0 Å². The van der Waals surface area contributed by atoms with Gasteiger partial charge >= 0.3 is 0 Å². The van der Waals surface area contributed by atoms with Crippen LogP contribution in [0.3, 0.4) is 0 Å². The second kappa shape index (κ2) is 7.24. The van der Waals surface area contributed by atoms with E-state index in [-0.39, 0.29) is 17.5 Å². The molecule has 1 N–H and O–H groups in total. The van der Waals surface area contributed by atoms with Gasteiger partial charge in [0.05, 0.1) is 29.1 Å². The van der Waals surface area contributed by atoms with E-state index in [1.807, 2.05) is 13.8 Å². The number of rotatable bonds is 4. The second-order valence-corrected chi connectivity index (χ2v) is 9.62. The van der Waals surface area contributed by atoms with Crippen LogP contribution in [0, 0.1) is 29.9 Å². The summed E-state index contributed by atoms with van der Waals surface area (Å²) in [5, 5.41) is 11.6. The lowest BCUT2D eigenvalue weighted by Crippen LogP contribution is -2.42. The molecule has 2 heterocycles. The minimum atomic E-state index is -0.929. The molecule has 5 rings (SSSR count). The lowest BCUT2D eigenvalue weighted by atomic mass is 9.63. The van der Waals surface area contributed by atoms with E-state index in [0.717, 1.165) is 41.2 Å². The highest BCUT2D eigenvalue weighted by atomic mass is 19.1. The van der Waals surface area contributed by atoms with E-state index >= 15 is 0 Å². The molecule has 0 amide bonds. The van der Waals surface area contributed by atoms with Crippen LogP contribution >= 0.6 is 0 Å². The molecule has 0 aromatic heterocycles. The number of benzene rings is 2. The Morgan fingerprint density at radius 2 is 1.78 bits per heavy atom. The van der Waals surface area contributed by atoms with E-state index in [1.54, 1.807) is 0 Å². The van der Waals surface area contributed by atoms with Crippen molar-refractivity contribution in [3.8, 4) is 0 Å². The highest BCUT2D eigenvalue weighted by Crippen LogP contribution is 2.65. The minimum Gasteiger partial charge on any atom is -0.511 e. The van der Waals surface area contributed by atoms with Gasteiger partial charge in [-0.25, -0.2) is 8.78 Å². The van der Waals surface area contributed by atoms with Gasteiger partial charge in [0.2, 0.25) is 0 Å². The van der Waals surface area contributed by atoms with Crippen molar-refractivity contribution in [2.24, 2.45) is 11.3 Å². The van der Waals surface area contributed by atoms with E-state index in [1.165, 1.54) is 12.1 Å². The number of aryl methyl sites for hydroxylation is 3. The summed E-state index contributed by atoms with van der Waals surface area (Å²) in [4.78, 5) is 13.7. The van der Waals surface area contributed by atoms with E-state index in [9.17, 15) is 18.7 Å². The third kappa shape index (κ3) is 2.70. The van der Waals surface area contributed by atoms with Crippen LogP contribution in [-0.4, -0.2) is 23.1 Å². The normalized spacial score (nSPS) is 31.0. The summed E-state index contributed by atoms with van der Waals surface area (Å²) in [5.41, 5.74) is 3.94. The van der Waals surface area contributed by atoms with E-state index in [0.29, 0.717) is 17.6 Å². The van der Waals surface area contributed by atoms with Gasteiger partial charge in [0.1, 0.15) is 17.4 Å². The van der Waals surface area contributed by atoms with Crippen molar-refractivity contribution in [1.82, 2.24) is 0 Å². The van der Waals surface area contributed by atoms with E-state index < -0.39 is 35.2 Å². The molecule has 3 nitrogen and oxygen atoms in total. The maximum atomic E-state index is 14.6. The SMILES string of the molecule is CCc1cc(C)cc(CC)c1C1=C(O)[C@]2(C)C3OC(CC3c3ccc(F)cc3F)[C@@H]2C1=O. The number of ether oxygens (including phenoxy) is 1. The highest BCUT2D eigenvalue weighted by molar-refractivity contribution is 6.26. The molecule has 2 saturated heterocycles. The van der Waals surface area contributed by atoms with Crippen LogP contribution < -0.4 is 0 Å². The van der Waals surface area contributed by atoms with E-state index in [2.05, 4.69) is 26.0 Å². The Balaban J connectivity index is 1.65. The third-order valence-electron chi connectivity index (χ3n) is 7.88. The van der Waals surface area contributed by atoms with Crippen LogP contribution in [0.4, 0.5) is 8.78 Å². The van der Waals surface area contributed by atoms with Gasteiger partial charge < -0.3 is 9.84 Å². The Morgan fingerprint density at radius 1 is 1.12 bits per heavy atom. The highest BCUT2D eigenvalue weighted by Gasteiger charge is 2.69. The molecule has 3 aliphatic rings. The smallest absolute Gasteiger partial charge is 0.173 e. The minimum absolute atomic E-state index is 0.0560. The monoisotopic (exact) mass is 438 g/mol. The number of carbonyl (C=O) groups excluding carboxylic acids is 1. The van der Waals surface area contributed by atoms with Crippen LogP contribution in [-0.2, 0) is 22.4 Å². The van der Waals surface area contributed by atoms with E-state index in [4.69, 9.17) is 4.74 Å². The first-order valence-corrected chi connectivity index (χ1v) is 11.4. The Bertz CT molecular complexity index is 1140. The fraction of sp³-hybridized carbons (Fsp3) is 0.444. The number of halogens is 2. The van der Waals surface area contributed by atoms with Gasteiger partial charge in [-0.3, -0.25) is 4.79 Å². The first kappa shape index (κ1) is 21.3. The summed E-state index contributed by atoms with van der Waals surface area (Å²) < 4.78 is 34.3. The molecule has 2 bridgehead atoms. The molecule has 2 fully saturated rings. The molecule has 2 aliphatic heterocycles. The number of hydrogen-bond acceptors (Lipinski definition) is 3. The van der Waals surface area contributed by atoms with Crippen molar-refractivity contribution in [3.05, 3.63) is 75.5 Å². The molecule has 168 valence electrons. The summed E-state index contributed by atoms with van der Waals surface area (Å²) in [6.45, 7) is 8.01. The number of carbonyl (C=O) groups is 1. The zero-order valence-electron chi connectivity index (χ0n) is 18.8. The quantitative estimate of drug-likeness (QED) is 0.654. The summed E-state index contributed by atoms with van der Waals surface area (Å²) in [6.07, 6.45) is 1.05. The molecule has 3 unspecified atom stereocenters. The summed E-state index contributed by atoms with van der Waals surface area (Å²) in [6, 6.07) is 7.76. The van der Waals surface area contributed by atoms with Crippen molar-refractivity contribution in [3.63, 3.8) is 0 Å². The number of fused-ring (bicyclic) bond motifs is 5. The first-order chi connectivity index (χ1) is 15.2. The average molecular weight is 439 g/mol. The van der Waals surface area contributed by atoms with Crippen LogP contribution in [0.25, 0.3) is 5.57 Å². The van der Waals surface area contributed by atoms with Crippen molar-refractivity contribution in [1.29, 1.82) is 0 Å². The molecule has 32 heavy (non-hydrogen) atoms. The number of allylic oxidation sites excluding steroid dienone is 1. The molecule has 2 aromatic rings. The molecule has 5 heteroatoms. The van der Waals surface area contributed by atoms with Gasteiger partial charge in [-0.2, -0.15) is 0 Å². The molecular weight excluding hydrogens is 410 g/mol. The van der Waals surface area contributed by atoms with Gasteiger partial charge in [-0.05, 0) is 61.4 Å². The Morgan fingerprint density at radius 3 is 2.38 bits per heavy atom. The van der Waals surface area contributed by atoms with Crippen LogP contribution in [0.15, 0.2) is 36.1 Å². The standard InChI is InChI=1S/C27H28F2O3/c1-5-14-9-13(3)10-15(6-2)21(14)22-24(30)23-20-12-18(17-8-7-16(28)11-19(17)29)26(32-20)27(23,4)25(22)31/h7-11,18,20,23,26,31H,5-6,12H2,1-4H3/t18?,20?,23-,26?,27-/m1/s1. The zero-order chi connectivity index (χ0) is 22.9. The summed E-state index contributed by atoms with van der Waals surface area (Å²) in [7, 11) is 0.